The van der Waals surface area contributed by atoms with Crippen LogP contribution < -0.4 is 15.4 Å². The van der Waals surface area contributed by atoms with Gasteiger partial charge >= 0.3 is 12.1 Å². The van der Waals surface area contributed by atoms with Crippen molar-refractivity contribution in [2.75, 3.05) is 19.5 Å². The summed E-state index contributed by atoms with van der Waals surface area (Å²) in [5.74, 6) is -0.617. The topological polar surface area (TPSA) is 129 Å². The summed E-state index contributed by atoms with van der Waals surface area (Å²) < 4.78 is 21.0. The second-order valence-electron chi connectivity index (χ2n) is 8.74. The van der Waals surface area contributed by atoms with Crippen LogP contribution in [0.2, 0.25) is 0 Å². The largest absolute Gasteiger partial charge is 0.495 e. The zero-order valence-electron chi connectivity index (χ0n) is 20.0. The Bertz CT molecular complexity index is 979. The number of oxazole rings is 1. The molecule has 33 heavy (non-hydrogen) atoms. The molecule has 0 radical (unpaired) electrons. The van der Waals surface area contributed by atoms with Crippen molar-refractivity contribution in [3.8, 4) is 17.1 Å². The fourth-order valence-electron chi connectivity index (χ4n) is 3.12. The van der Waals surface area contributed by atoms with E-state index in [1.165, 1.54) is 32.9 Å². The number of benzene rings is 1. The van der Waals surface area contributed by atoms with Crippen LogP contribution in [-0.4, -0.2) is 48.8 Å². The molecular formula is C23H31N3O7. The molecule has 0 saturated carbocycles. The van der Waals surface area contributed by atoms with Gasteiger partial charge in [0.2, 0.25) is 5.91 Å². The summed E-state index contributed by atoms with van der Waals surface area (Å²) in [5, 5.41) is 5.32. The summed E-state index contributed by atoms with van der Waals surface area (Å²) in [6.07, 6.45) is 2.36. The first-order valence-electron chi connectivity index (χ1n) is 10.4. The van der Waals surface area contributed by atoms with Crippen molar-refractivity contribution in [3.05, 3.63) is 30.3 Å². The van der Waals surface area contributed by atoms with Gasteiger partial charge in [0.05, 0.1) is 31.7 Å². The number of esters is 1. The highest BCUT2D eigenvalue weighted by Crippen LogP contribution is 2.38. The summed E-state index contributed by atoms with van der Waals surface area (Å²) in [6.45, 7) is 9.04. The van der Waals surface area contributed by atoms with E-state index in [0.717, 1.165) is 0 Å². The first-order chi connectivity index (χ1) is 15.5. The van der Waals surface area contributed by atoms with Crippen molar-refractivity contribution >= 4 is 23.7 Å². The third kappa shape index (κ3) is 6.96. The second-order valence-corrected chi connectivity index (χ2v) is 8.74. The predicted molar refractivity (Wildman–Crippen MR) is 121 cm³/mol. The molecule has 1 heterocycles. The van der Waals surface area contributed by atoms with Crippen molar-refractivity contribution in [2.24, 2.45) is 5.92 Å². The zero-order chi connectivity index (χ0) is 24.8. The highest BCUT2D eigenvalue weighted by atomic mass is 16.6. The average Bonchev–Trinajstić information content (AvgIpc) is 3.25. The van der Waals surface area contributed by atoms with Crippen LogP contribution in [0.15, 0.2) is 29.1 Å². The lowest BCUT2D eigenvalue weighted by molar-refractivity contribution is -0.118. The smallest absolute Gasteiger partial charge is 0.408 e. The van der Waals surface area contributed by atoms with Gasteiger partial charge in [-0.15, -0.1) is 0 Å². The zero-order valence-corrected chi connectivity index (χ0v) is 20.0. The predicted octanol–water partition coefficient (Wildman–Crippen LogP) is 4.01. The van der Waals surface area contributed by atoms with E-state index in [4.69, 9.17) is 18.6 Å². The number of ether oxygens (including phenoxy) is 3. The second kappa shape index (κ2) is 10.8. The molecular weight excluding hydrogens is 430 g/mol. The Balaban J connectivity index is 2.40. The van der Waals surface area contributed by atoms with Crippen molar-refractivity contribution in [3.63, 3.8) is 0 Å². The summed E-state index contributed by atoms with van der Waals surface area (Å²) >= 11 is 0. The third-order valence-electron chi connectivity index (χ3n) is 4.42. The summed E-state index contributed by atoms with van der Waals surface area (Å²) in [5.41, 5.74) is -0.0983. The molecule has 1 aromatic heterocycles. The number of carbonyl (C=O) groups excluding carboxylic acids is 3. The molecule has 1 atom stereocenters. The van der Waals surface area contributed by atoms with Gasteiger partial charge in [-0.2, -0.15) is 0 Å². The number of carbonyl (C=O) groups is 3. The summed E-state index contributed by atoms with van der Waals surface area (Å²) in [7, 11) is 2.61. The number of amides is 2. The molecule has 2 rings (SSSR count). The van der Waals surface area contributed by atoms with Crippen LogP contribution in [0.4, 0.5) is 10.5 Å². The number of nitrogens with one attached hydrogen (secondary N) is 2. The quantitative estimate of drug-likeness (QED) is 0.564. The minimum atomic E-state index is -0.898. The molecule has 0 aliphatic rings. The Morgan fingerprint density at radius 1 is 1.15 bits per heavy atom. The highest BCUT2D eigenvalue weighted by Gasteiger charge is 2.29. The standard InChI is InChI=1S/C23H31N3O7/c1-13(2)10-16(26-22(29)33-23(3,4)5)20(27)25-15-9-8-14(17-11-24-12-32-17)19(30-6)18(15)21(28)31-7/h8-9,11-13,16H,10H2,1-7H3,(H,25,27)(H,26,29). The van der Waals surface area contributed by atoms with E-state index < -0.39 is 29.6 Å². The van der Waals surface area contributed by atoms with Crippen LogP contribution in [0, 0.1) is 5.92 Å². The number of rotatable bonds is 8. The Hall–Kier alpha value is -3.56. The Morgan fingerprint density at radius 2 is 1.85 bits per heavy atom. The molecule has 0 saturated heterocycles. The van der Waals surface area contributed by atoms with E-state index >= 15 is 0 Å². The molecule has 10 heteroatoms. The summed E-state index contributed by atoms with van der Waals surface area (Å²) in [6, 6.07) is 2.26. The molecule has 10 nitrogen and oxygen atoms in total. The first kappa shape index (κ1) is 25.7. The number of alkyl carbamates (subject to hydrolysis) is 1. The molecule has 0 fully saturated rings. The molecule has 0 aliphatic heterocycles. The third-order valence-corrected chi connectivity index (χ3v) is 4.42. The Morgan fingerprint density at radius 3 is 2.36 bits per heavy atom. The van der Waals surface area contributed by atoms with E-state index in [-0.39, 0.29) is 22.9 Å². The molecule has 1 aromatic carbocycles. The number of nitrogens with zero attached hydrogens (tertiary/aromatic N) is 1. The monoisotopic (exact) mass is 461 g/mol. The van der Waals surface area contributed by atoms with E-state index in [1.807, 2.05) is 13.8 Å². The number of hydrogen-bond donors (Lipinski definition) is 2. The van der Waals surface area contributed by atoms with Gasteiger partial charge in [0, 0.05) is 0 Å². The molecule has 180 valence electrons. The molecule has 0 bridgehead atoms. The fraction of sp³-hybridized carbons (Fsp3) is 0.478. The number of aromatic nitrogens is 1. The summed E-state index contributed by atoms with van der Waals surface area (Å²) in [4.78, 5) is 41.9. The normalized spacial score (nSPS) is 12.1. The van der Waals surface area contributed by atoms with Crippen LogP contribution in [0.1, 0.15) is 51.4 Å². The van der Waals surface area contributed by atoms with Gasteiger partial charge in [0.15, 0.2) is 12.2 Å². The van der Waals surface area contributed by atoms with Crippen LogP contribution in [0.25, 0.3) is 11.3 Å². The van der Waals surface area contributed by atoms with Gasteiger partial charge in [0.25, 0.3) is 0 Å². The lowest BCUT2D eigenvalue weighted by Gasteiger charge is -2.24. The van der Waals surface area contributed by atoms with Crippen LogP contribution in [0.5, 0.6) is 5.75 Å². The molecule has 2 aromatic rings. The number of methoxy groups -OCH3 is 2. The van der Waals surface area contributed by atoms with Gasteiger partial charge in [0.1, 0.15) is 23.0 Å². The molecule has 2 amide bonds. The molecule has 0 aliphatic carbocycles. The van der Waals surface area contributed by atoms with E-state index in [2.05, 4.69) is 15.6 Å². The lowest BCUT2D eigenvalue weighted by atomic mass is 10.0. The van der Waals surface area contributed by atoms with Crippen LogP contribution in [-0.2, 0) is 14.3 Å². The maximum absolute atomic E-state index is 13.1. The van der Waals surface area contributed by atoms with Gasteiger partial charge in [-0.3, -0.25) is 4.79 Å². The van der Waals surface area contributed by atoms with Crippen LogP contribution in [0.3, 0.4) is 0 Å². The van der Waals surface area contributed by atoms with Gasteiger partial charge in [-0.05, 0) is 45.2 Å². The number of hydrogen-bond acceptors (Lipinski definition) is 8. The molecule has 0 spiro atoms. The van der Waals surface area contributed by atoms with Crippen molar-refractivity contribution in [2.45, 2.75) is 52.7 Å². The van der Waals surface area contributed by atoms with Crippen LogP contribution >= 0.6 is 0 Å². The Labute approximate surface area is 193 Å². The van der Waals surface area contributed by atoms with Gasteiger partial charge in [-0.25, -0.2) is 14.6 Å². The maximum Gasteiger partial charge on any atom is 0.408 e. The van der Waals surface area contributed by atoms with Gasteiger partial charge < -0.3 is 29.3 Å². The highest BCUT2D eigenvalue weighted by molar-refractivity contribution is 6.06. The minimum absolute atomic E-state index is 0.00261. The number of anilines is 1. The van der Waals surface area contributed by atoms with Crippen molar-refractivity contribution in [1.29, 1.82) is 0 Å². The minimum Gasteiger partial charge on any atom is -0.495 e. The maximum atomic E-state index is 13.1. The van der Waals surface area contributed by atoms with Crippen molar-refractivity contribution in [1.82, 2.24) is 10.3 Å². The van der Waals surface area contributed by atoms with E-state index in [1.54, 1.807) is 26.8 Å². The van der Waals surface area contributed by atoms with E-state index in [9.17, 15) is 14.4 Å². The van der Waals surface area contributed by atoms with E-state index in [0.29, 0.717) is 17.7 Å². The SMILES string of the molecule is COC(=O)c1c(NC(=O)C(CC(C)C)NC(=O)OC(C)(C)C)ccc(-c2cnco2)c1OC. The molecule has 1 unspecified atom stereocenters. The first-order valence-corrected chi connectivity index (χ1v) is 10.4. The lowest BCUT2D eigenvalue weighted by Crippen LogP contribution is -2.46. The average molecular weight is 462 g/mol. The van der Waals surface area contributed by atoms with Gasteiger partial charge in [-0.1, -0.05) is 13.8 Å². The van der Waals surface area contributed by atoms with Crippen molar-refractivity contribution < 1.29 is 33.0 Å². The fourth-order valence-corrected chi connectivity index (χ4v) is 3.12. The Kier molecular flexibility index (Phi) is 8.44. The molecule has 2 N–H and O–H groups in total.